The van der Waals surface area contributed by atoms with Crippen molar-refractivity contribution in [3.63, 3.8) is 0 Å². The van der Waals surface area contributed by atoms with Gasteiger partial charge in [-0.2, -0.15) is 0 Å². The zero-order valence-corrected chi connectivity index (χ0v) is 15.0. The highest BCUT2D eigenvalue weighted by Gasteiger charge is 2.20. The molecule has 2 aromatic carbocycles. The lowest BCUT2D eigenvalue weighted by molar-refractivity contribution is -0.384. The van der Waals surface area contributed by atoms with Crippen LogP contribution in [0.4, 0.5) is 5.69 Å². The zero-order chi connectivity index (χ0) is 19.4. The van der Waals surface area contributed by atoms with Gasteiger partial charge in [0.05, 0.1) is 12.0 Å². The number of nitrogens with one attached hydrogen (secondary N) is 2. The molecule has 138 valence electrons. The van der Waals surface area contributed by atoms with Crippen molar-refractivity contribution in [3.05, 3.63) is 69.4 Å². The third kappa shape index (κ3) is 4.39. The van der Waals surface area contributed by atoms with E-state index in [9.17, 15) is 14.9 Å². The van der Waals surface area contributed by atoms with E-state index < -0.39 is 4.92 Å². The molecule has 0 spiro atoms. The maximum absolute atomic E-state index is 11.7. The molecule has 3 rings (SSSR count). The van der Waals surface area contributed by atoms with E-state index >= 15 is 0 Å². The Labute approximate surface area is 159 Å². The van der Waals surface area contributed by atoms with E-state index in [1.807, 2.05) is 0 Å². The van der Waals surface area contributed by atoms with Gasteiger partial charge in [0.25, 0.3) is 11.6 Å². The van der Waals surface area contributed by atoms with Gasteiger partial charge in [0, 0.05) is 12.1 Å². The summed E-state index contributed by atoms with van der Waals surface area (Å²) in [6.45, 7) is 0.229. The molecular weight excluding hydrogens is 370 g/mol. The van der Waals surface area contributed by atoms with Crippen LogP contribution in [0.5, 0.6) is 11.5 Å². The first-order valence-electron chi connectivity index (χ1n) is 7.84. The Kier molecular flexibility index (Phi) is 5.32. The first-order chi connectivity index (χ1) is 13.0. The molecule has 9 heteroatoms. The average molecular weight is 385 g/mol. The van der Waals surface area contributed by atoms with Crippen LogP contribution in [0.3, 0.4) is 0 Å². The highest BCUT2D eigenvalue weighted by atomic mass is 32.1. The lowest BCUT2D eigenvalue weighted by atomic mass is 10.1. The molecule has 0 radical (unpaired) electrons. The van der Waals surface area contributed by atoms with Crippen LogP contribution in [0, 0.1) is 10.1 Å². The van der Waals surface area contributed by atoms with Gasteiger partial charge in [-0.15, -0.1) is 0 Å². The number of rotatable bonds is 6. The fourth-order valence-electron chi connectivity index (χ4n) is 2.42. The summed E-state index contributed by atoms with van der Waals surface area (Å²) in [6, 6.07) is 11.4. The maximum Gasteiger partial charge on any atom is 0.273 e. The summed E-state index contributed by atoms with van der Waals surface area (Å²) in [5, 5.41) is 16.2. The fraction of sp³-hybridized carbons (Fsp3) is 0.111. The first kappa shape index (κ1) is 18.3. The summed E-state index contributed by atoms with van der Waals surface area (Å²) in [7, 11) is 1.51. The Morgan fingerprint density at radius 3 is 2.48 bits per heavy atom. The van der Waals surface area contributed by atoms with Gasteiger partial charge in [0.1, 0.15) is 12.3 Å². The molecule has 0 aromatic heterocycles. The number of ether oxygens (including phenoxy) is 2. The van der Waals surface area contributed by atoms with Crippen LogP contribution >= 0.6 is 12.2 Å². The van der Waals surface area contributed by atoms with Crippen molar-refractivity contribution in [2.24, 2.45) is 0 Å². The molecule has 1 fully saturated rings. The number of nitrogens with zero attached hydrogens (tertiary/aromatic N) is 1. The standard InChI is InChI=1S/C18H15N3O5S/c1-25-16-9-12(8-14-17(22)20-18(27)19-14)4-7-15(16)26-10-11-2-5-13(6-3-11)21(23)24/h2-9H,10H2,1H3,(H2,19,20,22,27). The van der Waals surface area contributed by atoms with Crippen LogP contribution in [0.15, 0.2) is 48.2 Å². The highest BCUT2D eigenvalue weighted by molar-refractivity contribution is 7.80. The Balaban J connectivity index is 1.73. The van der Waals surface area contributed by atoms with E-state index in [1.54, 1.807) is 36.4 Å². The van der Waals surface area contributed by atoms with Gasteiger partial charge in [-0.05, 0) is 53.7 Å². The number of benzene rings is 2. The van der Waals surface area contributed by atoms with E-state index in [4.69, 9.17) is 21.7 Å². The third-order valence-electron chi connectivity index (χ3n) is 3.76. The van der Waals surface area contributed by atoms with Crippen molar-refractivity contribution in [2.75, 3.05) is 7.11 Å². The summed E-state index contributed by atoms with van der Waals surface area (Å²) >= 11 is 4.90. The Bertz CT molecular complexity index is 941. The number of methoxy groups -OCH3 is 1. The van der Waals surface area contributed by atoms with E-state index in [2.05, 4.69) is 10.6 Å². The van der Waals surface area contributed by atoms with Gasteiger partial charge in [-0.25, -0.2) is 0 Å². The molecule has 0 saturated carbocycles. The minimum Gasteiger partial charge on any atom is -0.493 e. The number of carbonyl (C=O) groups excluding carboxylic acids is 1. The lowest BCUT2D eigenvalue weighted by Crippen LogP contribution is -2.21. The molecule has 0 unspecified atom stereocenters. The SMILES string of the molecule is COc1cc(C=C2NC(=S)NC2=O)ccc1OCc1ccc([N+](=O)[O-])cc1. The number of hydrogen-bond acceptors (Lipinski definition) is 6. The van der Waals surface area contributed by atoms with Crippen LogP contribution in [0.25, 0.3) is 6.08 Å². The number of nitro benzene ring substituents is 1. The molecule has 1 aliphatic heterocycles. The Morgan fingerprint density at radius 1 is 1.15 bits per heavy atom. The maximum atomic E-state index is 11.7. The van der Waals surface area contributed by atoms with Gasteiger partial charge < -0.3 is 14.8 Å². The molecule has 1 saturated heterocycles. The van der Waals surface area contributed by atoms with E-state index in [0.717, 1.165) is 11.1 Å². The topological polar surface area (TPSA) is 103 Å². The largest absolute Gasteiger partial charge is 0.493 e. The molecule has 1 heterocycles. The van der Waals surface area contributed by atoms with Crippen molar-refractivity contribution in [1.29, 1.82) is 0 Å². The van der Waals surface area contributed by atoms with E-state index in [1.165, 1.54) is 19.2 Å². The number of carbonyl (C=O) groups is 1. The summed E-state index contributed by atoms with van der Waals surface area (Å²) in [6.07, 6.45) is 1.65. The van der Waals surface area contributed by atoms with Crippen molar-refractivity contribution in [3.8, 4) is 11.5 Å². The van der Waals surface area contributed by atoms with Crippen molar-refractivity contribution >= 4 is 35.0 Å². The van der Waals surface area contributed by atoms with Gasteiger partial charge in [0.15, 0.2) is 16.6 Å². The minimum absolute atomic E-state index is 0.0257. The van der Waals surface area contributed by atoms with Crippen molar-refractivity contribution in [2.45, 2.75) is 6.61 Å². The number of hydrogen-bond donors (Lipinski definition) is 2. The van der Waals surface area contributed by atoms with E-state index in [-0.39, 0.29) is 23.3 Å². The monoisotopic (exact) mass is 385 g/mol. The summed E-state index contributed by atoms with van der Waals surface area (Å²) in [4.78, 5) is 21.9. The molecule has 0 bridgehead atoms. The second kappa shape index (κ2) is 7.83. The van der Waals surface area contributed by atoms with Crippen LogP contribution in [0.2, 0.25) is 0 Å². The molecule has 1 aliphatic rings. The molecule has 2 N–H and O–H groups in total. The van der Waals surface area contributed by atoms with Crippen LogP contribution in [-0.4, -0.2) is 23.1 Å². The quantitative estimate of drug-likeness (QED) is 0.341. The number of non-ortho nitro benzene ring substituents is 1. The number of nitro groups is 1. The molecule has 8 nitrogen and oxygen atoms in total. The molecule has 0 atom stereocenters. The van der Waals surface area contributed by atoms with E-state index in [0.29, 0.717) is 17.2 Å². The van der Waals surface area contributed by atoms with Crippen LogP contribution < -0.4 is 20.1 Å². The van der Waals surface area contributed by atoms with Gasteiger partial charge in [-0.3, -0.25) is 20.2 Å². The van der Waals surface area contributed by atoms with Crippen molar-refractivity contribution < 1.29 is 19.2 Å². The minimum atomic E-state index is -0.451. The first-order valence-corrected chi connectivity index (χ1v) is 8.25. The normalized spacial score (nSPS) is 14.6. The molecule has 0 aliphatic carbocycles. The van der Waals surface area contributed by atoms with Crippen LogP contribution in [0.1, 0.15) is 11.1 Å². The predicted molar refractivity (Wildman–Crippen MR) is 102 cm³/mol. The smallest absolute Gasteiger partial charge is 0.273 e. The van der Waals surface area contributed by atoms with Gasteiger partial charge in [0.2, 0.25) is 0 Å². The highest BCUT2D eigenvalue weighted by Crippen LogP contribution is 2.30. The third-order valence-corrected chi connectivity index (χ3v) is 3.96. The second-order valence-corrected chi connectivity index (χ2v) is 6.00. The second-order valence-electron chi connectivity index (χ2n) is 5.59. The molecular formula is C18H15N3O5S. The Hall–Kier alpha value is -3.46. The van der Waals surface area contributed by atoms with Gasteiger partial charge in [-0.1, -0.05) is 6.07 Å². The predicted octanol–water partition coefficient (Wildman–Crippen LogP) is 2.53. The Morgan fingerprint density at radius 2 is 1.89 bits per heavy atom. The fourth-order valence-corrected chi connectivity index (χ4v) is 2.62. The number of thiocarbonyl (C=S) groups is 1. The lowest BCUT2D eigenvalue weighted by Gasteiger charge is -2.11. The molecule has 1 amide bonds. The summed E-state index contributed by atoms with van der Waals surface area (Å²) < 4.78 is 11.1. The zero-order valence-electron chi connectivity index (χ0n) is 14.2. The van der Waals surface area contributed by atoms with Crippen LogP contribution in [-0.2, 0) is 11.4 Å². The molecule has 2 aromatic rings. The summed E-state index contributed by atoms with van der Waals surface area (Å²) in [5.74, 6) is 0.710. The van der Waals surface area contributed by atoms with Crippen molar-refractivity contribution in [1.82, 2.24) is 10.6 Å². The summed E-state index contributed by atoms with van der Waals surface area (Å²) in [5.41, 5.74) is 1.89. The average Bonchev–Trinajstić information content (AvgIpc) is 2.97. The van der Waals surface area contributed by atoms with Gasteiger partial charge >= 0.3 is 0 Å². The number of amides is 1. The molecule has 27 heavy (non-hydrogen) atoms.